The largest absolute Gasteiger partial charge is 0.355 e. The van der Waals surface area contributed by atoms with Crippen LogP contribution in [0.3, 0.4) is 0 Å². The van der Waals surface area contributed by atoms with Crippen molar-refractivity contribution in [2.24, 2.45) is 0 Å². The van der Waals surface area contributed by atoms with Crippen LogP contribution in [0.1, 0.15) is 11.1 Å². The smallest absolute Gasteiger partial charge is 0.226 e. The molecule has 3 rings (SSSR count). The number of H-pyrrole nitrogens is 1. The maximum absolute atomic E-state index is 5.95. The minimum Gasteiger partial charge on any atom is -0.355 e. The van der Waals surface area contributed by atoms with Crippen LogP contribution in [0.15, 0.2) is 30.5 Å². The van der Waals surface area contributed by atoms with E-state index in [9.17, 15) is 0 Å². The van der Waals surface area contributed by atoms with Gasteiger partial charge in [-0.2, -0.15) is 15.1 Å². The predicted molar refractivity (Wildman–Crippen MR) is 80.0 cm³/mol. The van der Waals surface area contributed by atoms with Gasteiger partial charge in [-0.3, -0.25) is 5.10 Å². The fourth-order valence-electron chi connectivity index (χ4n) is 2.13. The number of nitrogens with one attached hydrogen (secondary N) is 1. The van der Waals surface area contributed by atoms with Gasteiger partial charge in [0.15, 0.2) is 5.65 Å². The standard InChI is InChI=1S/C14H14ClN5/c1-9-3-5-10(6-4-9)8-20(2)13-11-7-16-19-12(11)17-14(15)18-13/h3-7H,8H2,1-2H3,(H,16,17,18,19). The van der Waals surface area contributed by atoms with Gasteiger partial charge in [0.05, 0.1) is 11.6 Å². The van der Waals surface area contributed by atoms with E-state index >= 15 is 0 Å². The zero-order valence-electron chi connectivity index (χ0n) is 11.3. The van der Waals surface area contributed by atoms with Crippen molar-refractivity contribution in [1.29, 1.82) is 0 Å². The number of hydrogen-bond acceptors (Lipinski definition) is 4. The van der Waals surface area contributed by atoms with Crippen LogP contribution in [0.25, 0.3) is 11.0 Å². The summed E-state index contributed by atoms with van der Waals surface area (Å²) in [5, 5.41) is 7.89. The van der Waals surface area contributed by atoms with Gasteiger partial charge in [-0.15, -0.1) is 0 Å². The number of aromatic nitrogens is 4. The third-order valence-electron chi connectivity index (χ3n) is 3.16. The molecule has 0 saturated heterocycles. The van der Waals surface area contributed by atoms with Crippen LogP contribution in [0.2, 0.25) is 5.28 Å². The molecule has 102 valence electrons. The summed E-state index contributed by atoms with van der Waals surface area (Å²) < 4.78 is 0. The second-order valence-electron chi connectivity index (χ2n) is 4.79. The Morgan fingerprint density at radius 2 is 1.95 bits per heavy atom. The van der Waals surface area contributed by atoms with Crippen LogP contribution in [-0.4, -0.2) is 27.2 Å². The Balaban J connectivity index is 1.93. The van der Waals surface area contributed by atoms with E-state index in [1.54, 1.807) is 6.20 Å². The summed E-state index contributed by atoms with van der Waals surface area (Å²) in [5.74, 6) is 0.773. The van der Waals surface area contributed by atoms with Gasteiger partial charge >= 0.3 is 0 Å². The SMILES string of the molecule is Cc1ccc(CN(C)c2nc(Cl)nc3[nH]ncc23)cc1. The van der Waals surface area contributed by atoms with E-state index in [-0.39, 0.29) is 5.28 Å². The van der Waals surface area contributed by atoms with Crippen molar-refractivity contribution in [3.05, 3.63) is 46.9 Å². The fourth-order valence-corrected chi connectivity index (χ4v) is 2.29. The monoisotopic (exact) mass is 287 g/mol. The Morgan fingerprint density at radius 1 is 1.20 bits per heavy atom. The molecule has 0 atom stereocenters. The fraction of sp³-hybridized carbons (Fsp3) is 0.214. The Kier molecular flexibility index (Phi) is 3.28. The molecule has 2 heterocycles. The molecule has 0 radical (unpaired) electrons. The summed E-state index contributed by atoms with van der Waals surface area (Å²) in [4.78, 5) is 10.5. The number of nitrogens with zero attached hydrogens (tertiary/aromatic N) is 4. The molecule has 6 heteroatoms. The molecule has 1 aromatic carbocycles. The molecule has 3 aromatic rings. The molecule has 0 aliphatic heterocycles. The van der Waals surface area contributed by atoms with Crippen molar-refractivity contribution in [3.63, 3.8) is 0 Å². The van der Waals surface area contributed by atoms with Gasteiger partial charge < -0.3 is 4.90 Å². The highest BCUT2D eigenvalue weighted by atomic mass is 35.5. The third kappa shape index (κ3) is 2.44. The zero-order chi connectivity index (χ0) is 14.1. The predicted octanol–water partition coefficient (Wildman–Crippen LogP) is 2.95. The van der Waals surface area contributed by atoms with Crippen molar-refractivity contribution in [2.45, 2.75) is 13.5 Å². The van der Waals surface area contributed by atoms with Crippen LogP contribution in [0.5, 0.6) is 0 Å². The van der Waals surface area contributed by atoms with Gasteiger partial charge in [0.2, 0.25) is 5.28 Å². The summed E-state index contributed by atoms with van der Waals surface area (Å²) in [6.45, 7) is 2.82. The van der Waals surface area contributed by atoms with E-state index in [2.05, 4.69) is 51.4 Å². The molecule has 1 N–H and O–H groups in total. The minimum absolute atomic E-state index is 0.215. The van der Waals surface area contributed by atoms with E-state index in [4.69, 9.17) is 11.6 Å². The lowest BCUT2D eigenvalue weighted by atomic mass is 10.1. The summed E-state index contributed by atoms with van der Waals surface area (Å²) in [6.07, 6.45) is 1.71. The Hall–Kier alpha value is -2.14. The van der Waals surface area contributed by atoms with Crippen LogP contribution < -0.4 is 4.90 Å². The number of anilines is 1. The zero-order valence-corrected chi connectivity index (χ0v) is 12.0. The second-order valence-corrected chi connectivity index (χ2v) is 5.13. The molecule has 0 aliphatic rings. The number of fused-ring (bicyclic) bond motifs is 1. The van der Waals surface area contributed by atoms with Crippen molar-refractivity contribution < 1.29 is 0 Å². The molecule has 0 spiro atoms. The highest BCUT2D eigenvalue weighted by Crippen LogP contribution is 2.24. The highest BCUT2D eigenvalue weighted by Gasteiger charge is 2.12. The van der Waals surface area contributed by atoms with E-state index in [0.717, 1.165) is 17.7 Å². The molecular formula is C14H14ClN5. The summed E-state index contributed by atoms with van der Waals surface area (Å²) in [7, 11) is 1.98. The summed E-state index contributed by atoms with van der Waals surface area (Å²) in [5.41, 5.74) is 3.11. The van der Waals surface area contributed by atoms with E-state index in [1.807, 2.05) is 11.9 Å². The van der Waals surface area contributed by atoms with Gasteiger partial charge in [0.25, 0.3) is 0 Å². The second kappa shape index (κ2) is 5.09. The van der Waals surface area contributed by atoms with Crippen LogP contribution in [0, 0.1) is 6.92 Å². The van der Waals surface area contributed by atoms with Crippen molar-refractivity contribution in [1.82, 2.24) is 20.2 Å². The van der Waals surface area contributed by atoms with E-state index in [1.165, 1.54) is 11.1 Å². The minimum atomic E-state index is 0.215. The number of aromatic amines is 1. The third-order valence-corrected chi connectivity index (χ3v) is 3.33. The first-order valence-electron chi connectivity index (χ1n) is 6.27. The van der Waals surface area contributed by atoms with Crippen LogP contribution in [-0.2, 0) is 6.54 Å². The van der Waals surface area contributed by atoms with Crippen molar-refractivity contribution >= 4 is 28.5 Å². The van der Waals surface area contributed by atoms with Crippen LogP contribution in [0.4, 0.5) is 5.82 Å². The van der Waals surface area contributed by atoms with Crippen molar-refractivity contribution in [2.75, 3.05) is 11.9 Å². The van der Waals surface area contributed by atoms with Gasteiger partial charge in [-0.25, -0.2) is 0 Å². The number of aryl methyl sites for hydroxylation is 1. The summed E-state index contributed by atoms with van der Waals surface area (Å²) >= 11 is 5.95. The molecule has 0 amide bonds. The lowest BCUT2D eigenvalue weighted by Crippen LogP contribution is -2.18. The maximum Gasteiger partial charge on any atom is 0.226 e. The first-order valence-corrected chi connectivity index (χ1v) is 6.64. The van der Waals surface area contributed by atoms with Gasteiger partial charge in [0.1, 0.15) is 5.82 Å². The normalized spacial score (nSPS) is 10.9. The molecule has 2 aromatic heterocycles. The average Bonchev–Trinajstić information content (AvgIpc) is 2.88. The lowest BCUT2D eigenvalue weighted by Gasteiger charge is -2.19. The Labute approximate surface area is 121 Å². The first kappa shape index (κ1) is 12.9. The topological polar surface area (TPSA) is 57.7 Å². The van der Waals surface area contributed by atoms with Gasteiger partial charge in [-0.05, 0) is 24.1 Å². The molecule has 5 nitrogen and oxygen atoms in total. The lowest BCUT2D eigenvalue weighted by molar-refractivity contribution is 0.900. The number of rotatable bonds is 3. The maximum atomic E-state index is 5.95. The average molecular weight is 288 g/mol. The molecule has 0 aliphatic carbocycles. The number of benzene rings is 1. The highest BCUT2D eigenvalue weighted by molar-refractivity contribution is 6.28. The molecule has 0 bridgehead atoms. The van der Waals surface area contributed by atoms with Crippen LogP contribution >= 0.6 is 11.6 Å². The Morgan fingerprint density at radius 3 is 2.70 bits per heavy atom. The van der Waals surface area contributed by atoms with Crippen molar-refractivity contribution in [3.8, 4) is 0 Å². The van der Waals surface area contributed by atoms with Gasteiger partial charge in [-0.1, -0.05) is 29.8 Å². The first-order chi connectivity index (χ1) is 9.63. The molecule has 0 unspecified atom stereocenters. The number of hydrogen-bond donors (Lipinski definition) is 1. The van der Waals surface area contributed by atoms with E-state index < -0.39 is 0 Å². The van der Waals surface area contributed by atoms with E-state index in [0.29, 0.717) is 5.65 Å². The molecule has 20 heavy (non-hydrogen) atoms. The molecule has 0 saturated carbocycles. The van der Waals surface area contributed by atoms with Gasteiger partial charge in [0, 0.05) is 13.6 Å². The quantitative estimate of drug-likeness (QED) is 0.753. The molecular weight excluding hydrogens is 274 g/mol. The summed E-state index contributed by atoms with van der Waals surface area (Å²) in [6, 6.07) is 8.43. The Bertz CT molecular complexity index is 735. The number of halogens is 1. The molecule has 0 fully saturated rings.